The highest BCUT2D eigenvalue weighted by Gasteiger charge is 2.52. The summed E-state index contributed by atoms with van der Waals surface area (Å²) >= 11 is 0. The van der Waals surface area contributed by atoms with E-state index in [0.717, 1.165) is 12.8 Å². The predicted molar refractivity (Wildman–Crippen MR) is 69.1 cm³/mol. The Hall–Kier alpha value is -1.45. The predicted octanol–water partition coefficient (Wildman–Crippen LogP) is 1.88. The van der Waals surface area contributed by atoms with Crippen LogP contribution >= 0.6 is 0 Å². The molecule has 100 valence electrons. The molecule has 0 amide bonds. The highest BCUT2D eigenvalue weighted by Crippen LogP contribution is 2.35. The van der Waals surface area contributed by atoms with Gasteiger partial charge in [-0.2, -0.15) is 0 Å². The summed E-state index contributed by atoms with van der Waals surface area (Å²) < 4.78 is 0. The molecule has 0 radical (unpaired) electrons. The van der Waals surface area contributed by atoms with Crippen LogP contribution in [0.2, 0.25) is 0 Å². The molecular formula is C14H21NO3. The standard InChI is InChI=1S/C14H21NO3/c1-6-7-8-15-9(2)12(10(3)16)13(18)14(15,5)11(4)17/h6-8H2,1-5H3. The minimum Gasteiger partial charge on any atom is -0.355 e. The molecule has 4 nitrogen and oxygen atoms in total. The van der Waals surface area contributed by atoms with Crippen molar-refractivity contribution in [2.45, 2.75) is 53.0 Å². The molecule has 1 heterocycles. The van der Waals surface area contributed by atoms with Gasteiger partial charge in [0.15, 0.2) is 17.1 Å². The number of carbonyl (C=O) groups excluding carboxylic acids is 3. The van der Waals surface area contributed by atoms with E-state index in [4.69, 9.17) is 0 Å². The molecule has 0 aromatic rings. The SMILES string of the molecule is CCCCN1C(C)=C(C(C)=O)C(=O)C1(C)C(C)=O. The monoisotopic (exact) mass is 251 g/mol. The minimum absolute atomic E-state index is 0.184. The van der Waals surface area contributed by atoms with E-state index in [1.54, 1.807) is 18.7 Å². The Balaban J connectivity index is 3.27. The first-order valence-corrected chi connectivity index (χ1v) is 6.33. The highest BCUT2D eigenvalue weighted by atomic mass is 16.2. The van der Waals surface area contributed by atoms with Crippen molar-refractivity contribution in [3.05, 3.63) is 11.3 Å². The fourth-order valence-corrected chi connectivity index (χ4v) is 2.47. The maximum atomic E-state index is 12.4. The third-order valence-electron chi connectivity index (χ3n) is 3.75. The molecule has 0 fully saturated rings. The Morgan fingerprint density at radius 3 is 2.22 bits per heavy atom. The molecule has 18 heavy (non-hydrogen) atoms. The molecule has 4 heteroatoms. The molecular weight excluding hydrogens is 230 g/mol. The van der Waals surface area contributed by atoms with Crippen LogP contribution in [0.3, 0.4) is 0 Å². The van der Waals surface area contributed by atoms with Gasteiger partial charge in [0.05, 0.1) is 5.57 Å². The number of Topliss-reactive ketones (excluding diaryl/α,β-unsaturated/α-hetero) is 3. The third kappa shape index (κ3) is 2.00. The van der Waals surface area contributed by atoms with Gasteiger partial charge in [-0.3, -0.25) is 14.4 Å². The number of rotatable bonds is 5. The van der Waals surface area contributed by atoms with Crippen LogP contribution in [0.25, 0.3) is 0 Å². The summed E-state index contributed by atoms with van der Waals surface area (Å²) in [5.41, 5.74) is -0.372. The zero-order valence-electron chi connectivity index (χ0n) is 11.8. The van der Waals surface area contributed by atoms with E-state index in [-0.39, 0.29) is 22.9 Å². The number of hydrogen-bond acceptors (Lipinski definition) is 4. The number of carbonyl (C=O) groups is 3. The lowest BCUT2D eigenvalue weighted by Crippen LogP contribution is -2.52. The van der Waals surface area contributed by atoms with Gasteiger partial charge in [0.1, 0.15) is 0 Å². The van der Waals surface area contributed by atoms with E-state index in [1.807, 2.05) is 6.92 Å². The van der Waals surface area contributed by atoms with Crippen LogP contribution < -0.4 is 0 Å². The van der Waals surface area contributed by atoms with E-state index in [2.05, 4.69) is 0 Å². The highest BCUT2D eigenvalue weighted by molar-refractivity contribution is 6.31. The quantitative estimate of drug-likeness (QED) is 0.553. The first kappa shape index (κ1) is 14.6. The number of hydrogen-bond donors (Lipinski definition) is 0. The normalized spacial score (nSPS) is 23.8. The lowest BCUT2D eigenvalue weighted by molar-refractivity contribution is -0.136. The smallest absolute Gasteiger partial charge is 0.200 e. The van der Waals surface area contributed by atoms with Crippen molar-refractivity contribution >= 4 is 17.3 Å². The van der Waals surface area contributed by atoms with Crippen LogP contribution in [0.5, 0.6) is 0 Å². The van der Waals surface area contributed by atoms with Gasteiger partial charge in [0.25, 0.3) is 0 Å². The Morgan fingerprint density at radius 2 is 1.83 bits per heavy atom. The lowest BCUT2D eigenvalue weighted by atomic mass is 9.89. The molecule has 0 saturated heterocycles. The van der Waals surface area contributed by atoms with Crippen LogP contribution in [-0.4, -0.2) is 34.3 Å². The van der Waals surface area contributed by atoms with Crippen molar-refractivity contribution in [2.75, 3.05) is 6.54 Å². The fraction of sp³-hybridized carbons (Fsp3) is 0.643. The summed E-state index contributed by atoms with van der Waals surface area (Å²) in [4.78, 5) is 37.6. The summed E-state index contributed by atoms with van der Waals surface area (Å²) in [6.07, 6.45) is 1.86. The fourth-order valence-electron chi connectivity index (χ4n) is 2.47. The van der Waals surface area contributed by atoms with E-state index >= 15 is 0 Å². The summed E-state index contributed by atoms with van der Waals surface area (Å²) in [6, 6.07) is 0. The van der Waals surface area contributed by atoms with E-state index in [9.17, 15) is 14.4 Å². The third-order valence-corrected chi connectivity index (χ3v) is 3.75. The Bertz CT molecular complexity index is 436. The molecule has 1 aliphatic rings. The molecule has 0 aliphatic carbocycles. The summed E-state index contributed by atoms with van der Waals surface area (Å²) in [7, 11) is 0. The molecule has 1 rings (SSSR count). The van der Waals surface area contributed by atoms with Gasteiger partial charge in [-0.1, -0.05) is 13.3 Å². The van der Waals surface area contributed by atoms with Gasteiger partial charge in [0.2, 0.25) is 5.78 Å². The Labute approximate surface area is 108 Å². The Kier molecular flexibility index (Phi) is 4.09. The topological polar surface area (TPSA) is 54.5 Å². The van der Waals surface area contributed by atoms with E-state index in [1.165, 1.54) is 13.8 Å². The van der Waals surface area contributed by atoms with E-state index < -0.39 is 5.54 Å². The number of unbranched alkanes of at least 4 members (excludes halogenated alkanes) is 1. The molecule has 0 aromatic heterocycles. The van der Waals surface area contributed by atoms with Crippen molar-refractivity contribution in [1.29, 1.82) is 0 Å². The largest absolute Gasteiger partial charge is 0.355 e. The van der Waals surface area contributed by atoms with E-state index in [0.29, 0.717) is 12.2 Å². The molecule has 0 aromatic carbocycles. The number of allylic oxidation sites excluding steroid dienone is 1. The van der Waals surface area contributed by atoms with Crippen LogP contribution in [-0.2, 0) is 14.4 Å². The molecule has 0 spiro atoms. The molecule has 0 N–H and O–H groups in total. The Morgan fingerprint density at radius 1 is 1.28 bits per heavy atom. The maximum Gasteiger partial charge on any atom is 0.200 e. The van der Waals surface area contributed by atoms with Gasteiger partial charge in [-0.15, -0.1) is 0 Å². The van der Waals surface area contributed by atoms with Gasteiger partial charge in [-0.25, -0.2) is 0 Å². The van der Waals surface area contributed by atoms with Crippen LogP contribution in [0.1, 0.15) is 47.5 Å². The first-order chi connectivity index (χ1) is 8.28. The molecule has 1 aliphatic heterocycles. The minimum atomic E-state index is -1.19. The molecule has 0 saturated carbocycles. The second-order valence-corrected chi connectivity index (χ2v) is 4.98. The van der Waals surface area contributed by atoms with Crippen molar-refractivity contribution in [2.24, 2.45) is 0 Å². The summed E-state index contributed by atoms with van der Waals surface area (Å²) in [6.45, 7) is 8.83. The van der Waals surface area contributed by atoms with Crippen LogP contribution in [0.15, 0.2) is 11.3 Å². The second kappa shape index (κ2) is 5.04. The maximum absolute atomic E-state index is 12.4. The average Bonchev–Trinajstić information content (AvgIpc) is 2.46. The second-order valence-electron chi connectivity index (χ2n) is 4.98. The number of ketones is 3. The molecule has 1 unspecified atom stereocenters. The zero-order valence-corrected chi connectivity index (χ0v) is 11.8. The molecule has 0 bridgehead atoms. The van der Waals surface area contributed by atoms with Crippen molar-refractivity contribution in [3.8, 4) is 0 Å². The van der Waals surface area contributed by atoms with Crippen molar-refractivity contribution in [1.82, 2.24) is 4.90 Å². The van der Waals surface area contributed by atoms with Crippen LogP contribution in [0, 0.1) is 0 Å². The van der Waals surface area contributed by atoms with Gasteiger partial charge in [0, 0.05) is 12.2 Å². The van der Waals surface area contributed by atoms with Gasteiger partial charge < -0.3 is 4.90 Å². The summed E-state index contributed by atoms with van der Waals surface area (Å²) in [5, 5.41) is 0. The zero-order chi connectivity index (χ0) is 14.1. The van der Waals surface area contributed by atoms with Gasteiger partial charge in [-0.05, 0) is 34.1 Å². The number of nitrogens with zero attached hydrogens (tertiary/aromatic N) is 1. The van der Waals surface area contributed by atoms with Crippen LogP contribution in [0.4, 0.5) is 0 Å². The molecule has 1 atom stereocenters. The van der Waals surface area contributed by atoms with Gasteiger partial charge >= 0.3 is 0 Å². The van der Waals surface area contributed by atoms with Crippen molar-refractivity contribution in [3.63, 3.8) is 0 Å². The van der Waals surface area contributed by atoms with Crippen molar-refractivity contribution < 1.29 is 14.4 Å². The summed E-state index contributed by atoms with van der Waals surface area (Å²) in [5.74, 6) is -0.820. The average molecular weight is 251 g/mol. The first-order valence-electron chi connectivity index (χ1n) is 6.33. The lowest BCUT2D eigenvalue weighted by Gasteiger charge is -2.34.